The number of hydrogen-bond donors (Lipinski definition) is 1. The van der Waals surface area contributed by atoms with E-state index in [1.54, 1.807) is 6.92 Å². The number of nitrogens with one attached hydrogen (secondary N) is 1. The molecule has 0 aromatic rings. The van der Waals surface area contributed by atoms with Crippen molar-refractivity contribution in [3.05, 3.63) is 0 Å². The predicted molar refractivity (Wildman–Crippen MR) is 65.9 cm³/mol. The van der Waals surface area contributed by atoms with E-state index in [4.69, 9.17) is 0 Å². The van der Waals surface area contributed by atoms with Gasteiger partial charge in [0.05, 0.1) is 11.0 Å². The molecule has 4 heteroatoms. The Balaban J connectivity index is 4.27. The van der Waals surface area contributed by atoms with Crippen LogP contribution in [0.2, 0.25) is 0 Å². The van der Waals surface area contributed by atoms with Gasteiger partial charge in [-0.2, -0.15) is 0 Å². The first kappa shape index (κ1) is 14.9. The van der Waals surface area contributed by atoms with E-state index in [0.717, 1.165) is 19.4 Å². The summed E-state index contributed by atoms with van der Waals surface area (Å²) in [6, 6.07) is 0.115. The van der Waals surface area contributed by atoms with Crippen molar-refractivity contribution >= 4 is 9.84 Å². The van der Waals surface area contributed by atoms with Crippen molar-refractivity contribution < 1.29 is 8.42 Å². The molecular weight excluding hydrogens is 210 g/mol. The quantitative estimate of drug-likeness (QED) is 0.700. The molecule has 1 N–H and O–H groups in total. The zero-order valence-corrected chi connectivity index (χ0v) is 11.2. The highest BCUT2D eigenvalue weighted by Crippen LogP contribution is 2.09. The van der Waals surface area contributed by atoms with Gasteiger partial charge in [0.15, 0.2) is 9.84 Å². The van der Waals surface area contributed by atoms with Gasteiger partial charge in [0.2, 0.25) is 0 Å². The van der Waals surface area contributed by atoms with Crippen molar-refractivity contribution in [3.8, 4) is 0 Å². The van der Waals surface area contributed by atoms with E-state index in [0.29, 0.717) is 6.42 Å². The lowest BCUT2D eigenvalue weighted by Gasteiger charge is -2.19. The third-order valence-corrected chi connectivity index (χ3v) is 5.22. The molecule has 0 saturated heterocycles. The van der Waals surface area contributed by atoms with Gasteiger partial charge in [0, 0.05) is 6.04 Å². The van der Waals surface area contributed by atoms with Crippen molar-refractivity contribution in [2.45, 2.75) is 58.2 Å². The Morgan fingerprint density at radius 2 is 1.73 bits per heavy atom. The van der Waals surface area contributed by atoms with Crippen LogP contribution in [0, 0.1) is 0 Å². The predicted octanol–water partition coefficient (Wildman–Crippen LogP) is 1.98. The normalized spacial score (nSPS) is 16.3. The highest BCUT2D eigenvalue weighted by molar-refractivity contribution is 7.92. The number of rotatable bonds is 8. The Labute approximate surface area is 94.6 Å². The minimum Gasteiger partial charge on any atom is -0.313 e. The second-order valence-corrected chi connectivity index (χ2v) is 6.57. The van der Waals surface area contributed by atoms with Gasteiger partial charge >= 0.3 is 0 Å². The summed E-state index contributed by atoms with van der Waals surface area (Å²) >= 11 is 0. The van der Waals surface area contributed by atoms with E-state index in [-0.39, 0.29) is 17.0 Å². The Kier molecular flexibility index (Phi) is 7.18. The van der Waals surface area contributed by atoms with Gasteiger partial charge in [-0.15, -0.1) is 0 Å². The van der Waals surface area contributed by atoms with Crippen LogP contribution < -0.4 is 5.32 Å². The lowest BCUT2D eigenvalue weighted by molar-refractivity contribution is 0.515. The van der Waals surface area contributed by atoms with Gasteiger partial charge in [-0.1, -0.05) is 20.8 Å². The summed E-state index contributed by atoms with van der Waals surface area (Å²) in [7, 11) is -2.91. The molecule has 2 unspecified atom stereocenters. The molecule has 0 spiro atoms. The average Bonchev–Trinajstić information content (AvgIpc) is 2.22. The summed E-state index contributed by atoms with van der Waals surface area (Å²) in [5.74, 6) is 0.276. The first-order chi connectivity index (χ1) is 6.97. The lowest BCUT2D eigenvalue weighted by atomic mass is 10.2. The van der Waals surface area contributed by atoms with Crippen molar-refractivity contribution in [2.24, 2.45) is 0 Å². The van der Waals surface area contributed by atoms with Crippen LogP contribution in [0.5, 0.6) is 0 Å². The molecule has 0 bridgehead atoms. The molecule has 0 fully saturated rings. The number of hydrogen-bond acceptors (Lipinski definition) is 3. The molecular formula is C11H25NO2S. The van der Waals surface area contributed by atoms with Crippen LogP contribution in [0.25, 0.3) is 0 Å². The second-order valence-electron chi connectivity index (χ2n) is 4.11. The third-order valence-electron chi connectivity index (χ3n) is 2.80. The summed E-state index contributed by atoms with van der Waals surface area (Å²) < 4.78 is 23.7. The zero-order chi connectivity index (χ0) is 11.9. The van der Waals surface area contributed by atoms with E-state index in [1.807, 2.05) is 13.8 Å². The first-order valence-electron chi connectivity index (χ1n) is 5.92. The molecule has 0 heterocycles. The van der Waals surface area contributed by atoms with Gasteiger partial charge in [0.1, 0.15) is 0 Å². The van der Waals surface area contributed by atoms with Crippen LogP contribution in [0.3, 0.4) is 0 Å². The van der Waals surface area contributed by atoms with Crippen molar-refractivity contribution in [3.63, 3.8) is 0 Å². The molecule has 0 aliphatic rings. The Bertz CT molecular complexity index is 249. The summed E-state index contributed by atoms with van der Waals surface area (Å²) in [4.78, 5) is 0. The van der Waals surface area contributed by atoms with E-state index in [2.05, 4.69) is 12.2 Å². The van der Waals surface area contributed by atoms with E-state index >= 15 is 0 Å². The summed E-state index contributed by atoms with van der Waals surface area (Å²) in [5, 5.41) is 3.06. The standard InChI is InChI=1S/C11H25NO2S/c1-5-8-12-11(7-3)9-15(13,14)10(4)6-2/h10-12H,5-9H2,1-4H3. The maximum Gasteiger partial charge on any atom is 0.154 e. The maximum absolute atomic E-state index is 11.9. The van der Waals surface area contributed by atoms with Gasteiger partial charge in [-0.25, -0.2) is 8.42 Å². The van der Waals surface area contributed by atoms with Gasteiger partial charge in [0.25, 0.3) is 0 Å². The van der Waals surface area contributed by atoms with Crippen molar-refractivity contribution in [1.82, 2.24) is 5.32 Å². The van der Waals surface area contributed by atoms with Gasteiger partial charge < -0.3 is 5.32 Å². The lowest BCUT2D eigenvalue weighted by Crippen LogP contribution is -2.38. The molecule has 92 valence electrons. The second kappa shape index (κ2) is 7.23. The fourth-order valence-corrected chi connectivity index (χ4v) is 3.12. The fraction of sp³-hybridized carbons (Fsp3) is 1.00. The number of sulfone groups is 1. The largest absolute Gasteiger partial charge is 0.313 e. The Morgan fingerprint density at radius 3 is 2.13 bits per heavy atom. The van der Waals surface area contributed by atoms with Gasteiger partial charge in [-0.05, 0) is 32.7 Å². The van der Waals surface area contributed by atoms with Crippen LogP contribution in [-0.4, -0.2) is 32.0 Å². The molecule has 0 amide bonds. The van der Waals surface area contributed by atoms with E-state index in [1.165, 1.54) is 0 Å². The Morgan fingerprint density at radius 1 is 1.13 bits per heavy atom. The fourth-order valence-electron chi connectivity index (χ4n) is 1.37. The molecule has 0 aromatic heterocycles. The van der Waals surface area contributed by atoms with Crippen LogP contribution in [0.15, 0.2) is 0 Å². The topological polar surface area (TPSA) is 46.2 Å². The van der Waals surface area contributed by atoms with E-state index < -0.39 is 9.84 Å². The van der Waals surface area contributed by atoms with Crippen LogP contribution >= 0.6 is 0 Å². The molecule has 0 aliphatic heterocycles. The molecule has 0 aliphatic carbocycles. The zero-order valence-electron chi connectivity index (χ0n) is 10.4. The first-order valence-corrected chi connectivity index (χ1v) is 7.64. The maximum atomic E-state index is 11.9. The Hall–Kier alpha value is -0.0900. The molecule has 0 aromatic carbocycles. The molecule has 2 atom stereocenters. The molecule has 0 rings (SSSR count). The van der Waals surface area contributed by atoms with E-state index in [9.17, 15) is 8.42 Å². The monoisotopic (exact) mass is 235 g/mol. The SMILES string of the molecule is CCCNC(CC)CS(=O)(=O)C(C)CC. The summed E-state index contributed by atoms with van der Waals surface area (Å²) in [6.07, 6.45) is 2.61. The van der Waals surface area contributed by atoms with Crippen molar-refractivity contribution in [2.75, 3.05) is 12.3 Å². The smallest absolute Gasteiger partial charge is 0.154 e. The minimum atomic E-state index is -2.91. The molecule has 3 nitrogen and oxygen atoms in total. The molecule has 0 saturated carbocycles. The summed E-state index contributed by atoms with van der Waals surface area (Å²) in [6.45, 7) is 8.72. The van der Waals surface area contributed by atoms with Crippen molar-refractivity contribution in [1.29, 1.82) is 0 Å². The highest BCUT2D eigenvalue weighted by Gasteiger charge is 2.22. The third kappa shape index (κ3) is 5.52. The van der Waals surface area contributed by atoms with Crippen LogP contribution in [0.1, 0.15) is 47.0 Å². The van der Waals surface area contributed by atoms with Crippen LogP contribution in [0.4, 0.5) is 0 Å². The molecule has 15 heavy (non-hydrogen) atoms. The molecule has 0 radical (unpaired) electrons. The van der Waals surface area contributed by atoms with Gasteiger partial charge in [-0.3, -0.25) is 0 Å². The summed E-state index contributed by atoms with van der Waals surface area (Å²) in [5.41, 5.74) is 0. The average molecular weight is 235 g/mol. The minimum absolute atomic E-state index is 0.115. The van der Waals surface area contributed by atoms with Crippen LogP contribution in [-0.2, 0) is 9.84 Å². The highest BCUT2D eigenvalue weighted by atomic mass is 32.2.